The molecule has 0 bridgehead atoms. The van der Waals surface area contributed by atoms with E-state index in [0.717, 1.165) is 28.4 Å². The predicted octanol–water partition coefficient (Wildman–Crippen LogP) is 5.28. The van der Waals surface area contributed by atoms with Crippen molar-refractivity contribution in [1.29, 1.82) is 0 Å². The Bertz CT molecular complexity index is 1430. The highest BCUT2D eigenvalue weighted by Gasteiger charge is 2.22. The number of hydrogen-bond donors (Lipinski definition) is 0. The molecule has 0 aliphatic heterocycles. The molecular formula is C21H12Cl2F2N2O3S. The van der Waals surface area contributed by atoms with E-state index >= 15 is 0 Å². The van der Waals surface area contributed by atoms with E-state index in [1.165, 1.54) is 24.4 Å². The molecule has 0 unspecified atom stereocenters. The van der Waals surface area contributed by atoms with E-state index in [2.05, 4.69) is 5.10 Å². The Balaban J connectivity index is 1.74. The first-order valence-electron chi connectivity index (χ1n) is 8.83. The Morgan fingerprint density at radius 1 is 0.968 bits per heavy atom. The Kier molecular flexibility index (Phi) is 5.55. The summed E-state index contributed by atoms with van der Waals surface area (Å²) in [5.74, 6) is -2.04. The van der Waals surface area contributed by atoms with Crippen molar-refractivity contribution < 1.29 is 22.0 Å². The Morgan fingerprint density at radius 3 is 2.45 bits per heavy atom. The summed E-state index contributed by atoms with van der Waals surface area (Å²) >= 11 is 11.7. The molecule has 1 aromatic heterocycles. The molecule has 0 saturated heterocycles. The molecule has 3 aromatic carbocycles. The Hall–Kier alpha value is -2.81. The molecule has 4 aromatic rings. The van der Waals surface area contributed by atoms with Gasteiger partial charge in [-0.3, -0.25) is 4.79 Å². The molecule has 0 radical (unpaired) electrons. The molecule has 0 amide bonds. The second kappa shape index (κ2) is 8.03. The highest BCUT2D eigenvalue weighted by atomic mass is 35.5. The number of ketones is 1. The molecule has 5 nitrogen and oxygen atoms in total. The maximum Gasteiger partial charge on any atom is 0.283 e. The SMILES string of the molecule is O=C(Cc1ccc2cnn(S(=O)(=O)c3ccc(F)c(Cl)c3)c2c1)c1c(F)cccc1Cl. The smallest absolute Gasteiger partial charge is 0.283 e. The van der Waals surface area contributed by atoms with Crippen LogP contribution in [0.25, 0.3) is 10.9 Å². The van der Waals surface area contributed by atoms with Crippen molar-refractivity contribution in [3.8, 4) is 0 Å². The van der Waals surface area contributed by atoms with Crippen molar-refractivity contribution in [2.24, 2.45) is 0 Å². The lowest BCUT2D eigenvalue weighted by Gasteiger charge is -2.08. The van der Waals surface area contributed by atoms with Crippen LogP contribution in [0.3, 0.4) is 0 Å². The molecule has 10 heteroatoms. The Morgan fingerprint density at radius 2 is 1.74 bits per heavy atom. The minimum atomic E-state index is -4.18. The topological polar surface area (TPSA) is 69.0 Å². The lowest BCUT2D eigenvalue weighted by atomic mass is 10.0. The third-order valence-electron chi connectivity index (χ3n) is 4.63. The van der Waals surface area contributed by atoms with Gasteiger partial charge in [0.05, 0.1) is 32.2 Å². The third-order valence-corrected chi connectivity index (χ3v) is 6.83. The van der Waals surface area contributed by atoms with Crippen molar-refractivity contribution in [2.45, 2.75) is 11.3 Å². The summed E-state index contributed by atoms with van der Waals surface area (Å²) in [4.78, 5) is 12.3. The van der Waals surface area contributed by atoms with Crippen LogP contribution in [0, 0.1) is 11.6 Å². The number of aromatic nitrogens is 2. The average molecular weight is 481 g/mol. The number of fused-ring (bicyclic) bond motifs is 1. The van der Waals surface area contributed by atoms with Crippen molar-refractivity contribution in [3.05, 3.63) is 93.6 Å². The first-order valence-corrected chi connectivity index (χ1v) is 11.0. The van der Waals surface area contributed by atoms with Crippen LogP contribution in [-0.2, 0) is 16.4 Å². The van der Waals surface area contributed by atoms with E-state index in [0.29, 0.717) is 10.9 Å². The molecule has 1 heterocycles. The van der Waals surface area contributed by atoms with Gasteiger partial charge in [-0.05, 0) is 42.0 Å². The van der Waals surface area contributed by atoms with E-state index in [1.807, 2.05) is 0 Å². The van der Waals surface area contributed by atoms with Gasteiger partial charge >= 0.3 is 0 Å². The molecular weight excluding hydrogens is 469 g/mol. The van der Waals surface area contributed by atoms with Gasteiger partial charge in [-0.2, -0.15) is 17.6 Å². The van der Waals surface area contributed by atoms with Gasteiger partial charge < -0.3 is 0 Å². The lowest BCUT2D eigenvalue weighted by molar-refractivity contribution is 0.0989. The summed E-state index contributed by atoms with van der Waals surface area (Å²) in [5, 5.41) is 4.08. The zero-order valence-corrected chi connectivity index (χ0v) is 17.8. The monoisotopic (exact) mass is 480 g/mol. The van der Waals surface area contributed by atoms with Crippen LogP contribution in [0.1, 0.15) is 15.9 Å². The highest BCUT2D eigenvalue weighted by molar-refractivity contribution is 7.90. The molecule has 158 valence electrons. The maximum atomic E-state index is 14.0. The van der Waals surface area contributed by atoms with Crippen LogP contribution in [0.15, 0.2) is 65.7 Å². The number of benzene rings is 3. The molecule has 0 aliphatic rings. The normalized spacial score (nSPS) is 11.7. The molecule has 31 heavy (non-hydrogen) atoms. The minimum Gasteiger partial charge on any atom is -0.294 e. The molecule has 0 aliphatic carbocycles. The zero-order chi connectivity index (χ0) is 22.3. The lowest BCUT2D eigenvalue weighted by Crippen LogP contribution is -2.14. The largest absolute Gasteiger partial charge is 0.294 e. The molecule has 0 spiro atoms. The summed E-state index contributed by atoms with van der Waals surface area (Å²) < 4.78 is 54.3. The second-order valence-electron chi connectivity index (χ2n) is 6.66. The summed E-state index contributed by atoms with van der Waals surface area (Å²) in [7, 11) is -4.18. The minimum absolute atomic E-state index is 0.00751. The fourth-order valence-corrected chi connectivity index (χ4v) is 4.93. The maximum absolute atomic E-state index is 14.0. The average Bonchev–Trinajstić information content (AvgIpc) is 3.14. The van der Waals surface area contributed by atoms with Crippen LogP contribution in [0.4, 0.5) is 8.78 Å². The van der Waals surface area contributed by atoms with Gasteiger partial charge in [-0.1, -0.05) is 41.4 Å². The van der Waals surface area contributed by atoms with Crippen LogP contribution >= 0.6 is 23.2 Å². The standard InChI is InChI=1S/C21H12Cl2F2N2O3S/c22-15-2-1-3-18(25)21(15)20(28)9-12-4-5-13-11-26-27(19(13)8-12)31(29,30)14-6-7-17(24)16(23)10-14/h1-8,10-11H,9H2. The molecule has 4 rings (SSSR count). The van der Waals surface area contributed by atoms with Gasteiger partial charge in [0.2, 0.25) is 0 Å². The number of carbonyl (C=O) groups excluding carboxylic acids is 1. The fourth-order valence-electron chi connectivity index (χ4n) is 3.12. The van der Waals surface area contributed by atoms with Crippen LogP contribution in [0.2, 0.25) is 10.0 Å². The predicted molar refractivity (Wildman–Crippen MR) is 113 cm³/mol. The second-order valence-corrected chi connectivity index (χ2v) is 9.24. The molecule has 0 saturated carbocycles. The fraction of sp³-hybridized carbons (Fsp3) is 0.0476. The number of rotatable bonds is 5. The van der Waals surface area contributed by atoms with E-state index in [4.69, 9.17) is 23.2 Å². The van der Waals surface area contributed by atoms with Gasteiger partial charge in [-0.25, -0.2) is 8.78 Å². The van der Waals surface area contributed by atoms with Crippen LogP contribution in [-0.4, -0.2) is 23.4 Å². The van der Waals surface area contributed by atoms with Crippen LogP contribution in [0.5, 0.6) is 0 Å². The first kappa shape index (κ1) is 21.4. The number of nitrogens with zero attached hydrogens (tertiary/aromatic N) is 2. The van der Waals surface area contributed by atoms with E-state index in [1.54, 1.807) is 12.1 Å². The summed E-state index contributed by atoms with van der Waals surface area (Å²) in [6, 6.07) is 11.6. The quantitative estimate of drug-likeness (QED) is 0.364. The molecule has 0 N–H and O–H groups in total. The van der Waals surface area contributed by atoms with Gasteiger partial charge in [0.1, 0.15) is 11.6 Å². The molecule has 0 atom stereocenters. The van der Waals surface area contributed by atoms with E-state index in [-0.39, 0.29) is 32.4 Å². The van der Waals surface area contributed by atoms with Crippen molar-refractivity contribution >= 4 is 49.9 Å². The summed E-state index contributed by atoms with van der Waals surface area (Å²) in [5.41, 5.74) is 0.405. The van der Waals surface area contributed by atoms with Gasteiger partial charge in [-0.15, -0.1) is 0 Å². The first-order chi connectivity index (χ1) is 14.7. The summed E-state index contributed by atoms with van der Waals surface area (Å²) in [6.45, 7) is 0. The van der Waals surface area contributed by atoms with Gasteiger partial charge in [0, 0.05) is 11.8 Å². The van der Waals surface area contributed by atoms with Crippen molar-refractivity contribution in [2.75, 3.05) is 0 Å². The Labute approximate surface area is 185 Å². The zero-order valence-electron chi connectivity index (χ0n) is 15.5. The van der Waals surface area contributed by atoms with Crippen molar-refractivity contribution in [1.82, 2.24) is 9.19 Å². The van der Waals surface area contributed by atoms with Crippen LogP contribution < -0.4 is 0 Å². The van der Waals surface area contributed by atoms with Gasteiger partial charge in [0.15, 0.2) is 5.78 Å². The number of carbonyl (C=O) groups is 1. The van der Waals surface area contributed by atoms with Gasteiger partial charge in [0.25, 0.3) is 10.0 Å². The number of halogens is 4. The third kappa shape index (κ3) is 3.94. The highest BCUT2D eigenvalue weighted by Crippen LogP contribution is 2.26. The number of hydrogen-bond acceptors (Lipinski definition) is 4. The van der Waals surface area contributed by atoms with E-state index < -0.39 is 27.4 Å². The molecule has 0 fully saturated rings. The van der Waals surface area contributed by atoms with E-state index in [9.17, 15) is 22.0 Å². The summed E-state index contributed by atoms with van der Waals surface area (Å²) in [6.07, 6.45) is 1.14. The number of Topliss-reactive ketones (excluding diaryl/α,β-unsaturated/α-hetero) is 1. The van der Waals surface area contributed by atoms with Crippen molar-refractivity contribution in [3.63, 3.8) is 0 Å².